The highest BCUT2D eigenvalue weighted by atomic mass is 19.1. The van der Waals surface area contributed by atoms with Crippen LogP contribution >= 0.6 is 0 Å². The highest BCUT2D eigenvalue weighted by molar-refractivity contribution is 5.42. The molecule has 2 aromatic carbocycles. The molecule has 0 bridgehead atoms. The van der Waals surface area contributed by atoms with Gasteiger partial charge in [-0.25, -0.2) is 9.07 Å². The van der Waals surface area contributed by atoms with Crippen molar-refractivity contribution < 1.29 is 9.13 Å². The lowest BCUT2D eigenvalue weighted by Crippen LogP contribution is -2.18. The van der Waals surface area contributed by atoms with Crippen LogP contribution in [0, 0.1) is 12.7 Å². The first-order valence-electron chi connectivity index (χ1n) is 9.43. The van der Waals surface area contributed by atoms with Gasteiger partial charge in [0.2, 0.25) is 0 Å². The second-order valence-electron chi connectivity index (χ2n) is 7.60. The SMILES string of the molecule is Cc1ccc(C(C)(C)c2ccc(Oc3cncc(-n4cc(F)cn4)c3)cc2)cc1. The number of halogens is 1. The summed E-state index contributed by atoms with van der Waals surface area (Å²) >= 11 is 0. The Hall–Kier alpha value is -3.47. The van der Waals surface area contributed by atoms with Gasteiger partial charge >= 0.3 is 0 Å². The van der Waals surface area contributed by atoms with Crippen LogP contribution in [-0.4, -0.2) is 14.8 Å². The smallest absolute Gasteiger partial charge is 0.161 e. The van der Waals surface area contributed by atoms with Crippen molar-refractivity contribution in [2.75, 3.05) is 0 Å². The third kappa shape index (κ3) is 4.04. The lowest BCUT2D eigenvalue weighted by Gasteiger charge is -2.26. The van der Waals surface area contributed by atoms with E-state index in [1.807, 2.05) is 12.1 Å². The molecule has 5 heteroatoms. The monoisotopic (exact) mass is 387 g/mol. The molecule has 0 saturated heterocycles. The van der Waals surface area contributed by atoms with Gasteiger partial charge in [-0.1, -0.05) is 55.8 Å². The van der Waals surface area contributed by atoms with Crippen LogP contribution in [0.4, 0.5) is 4.39 Å². The Morgan fingerprint density at radius 2 is 1.52 bits per heavy atom. The van der Waals surface area contributed by atoms with Crippen LogP contribution in [-0.2, 0) is 5.41 Å². The van der Waals surface area contributed by atoms with Gasteiger partial charge < -0.3 is 4.74 Å². The summed E-state index contributed by atoms with van der Waals surface area (Å²) < 4.78 is 20.6. The van der Waals surface area contributed by atoms with Crippen LogP contribution in [0.25, 0.3) is 5.69 Å². The van der Waals surface area contributed by atoms with Crippen molar-refractivity contribution in [3.8, 4) is 17.2 Å². The Morgan fingerprint density at radius 3 is 2.14 bits per heavy atom. The van der Waals surface area contributed by atoms with E-state index in [1.54, 1.807) is 18.5 Å². The predicted molar refractivity (Wildman–Crippen MR) is 111 cm³/mol. The van der Waals surface area contributed by atoms with E-state index in [0.717, 1.165) is 6.20 Å². The number of ether oxygens (including phenoxy) is 1. The molecule has 0 amide bonds. The van der Waals surface area contributed by atoms with E-state index < -0.39 is 5.82 Å². The number of pyridine rings is 1. The molecule has 4 aromatic rings. The van der Waals surface area contributed by atoms with Gasteiger partial charge in [0.15, 0.2) is 5.82 Å². The molecule has 0 radical (unpaired) electrons. The summed E-state index contributed by atoms with van der Waals surface area (Å²) in [5.41, 5.74) is 4.23. The average molecular weight is 387 g/mol. The molecule has 0 fully saturated rings. The molecular formula is C24H22FN3O. The number of aromatic nitrogens is 3. The number of hydrogen-bond acceptors (Lipinski definition) is 3. The summed E-state index contributed by atoms with van der Waals surface area (Å²) in [7, 11) is 0. The van der Waals surface area contributed by atoms with Gasteiger partial charge in [0.05, 0.1) is 30.5 Å². The minimum atomic E-state index is -0.400. The highest BCUT2D eigenvalue weighted by Crippen LogP contribution is 2.33. The third-order valence-electron chi connectivity index (χ3n) is 5.10. The molecular weight excluding hydrogens is 365 g/mol. The molecule has 0 aliphatic carbocycles. The summed E-state index contributed by atoms with van der Waals surface area (Å²) in [5.74, 6) is 0.867. The maximum absolute atomic E-state index is 13.2. The fourth-order valence-electron chi connectivity index (χ4n) is 3.24. The van der Waals surface area contributed by atoms with E-state index in [2.05, 4.69) is 67.3 Å². The highest BCUT2D eigenvalue weighted by Gasteiger charge is 2.22. The topological polar surface area (TPSA) is 39.9 Å². The zero-order valence-corrected chi connectivity index (χ0v) is 16.6. The van der Waals surface area contributed by atoms with Crippen molar-refractivity contribution >= 4 is 0 Å². The molecule has 29 heavy (non-hydrogen) atoms. The summed E-state index contributed by atoms with van der Waals surface area (Å²) in [6.07, 6.45) is 5.67. The van der Waals surface area contributed by atoms with Crippen LogP contribution in [0.15, 0.2) is 79.4 Å². The Kier molecular flexibility index (Phi) is 4.89. The molecule has 0 saturated carbocycles. The standard InChI is InChI=1S/C24H22FN3O/c1-17-4-6-18(7-5-17)24(2,3)19-8-10-22(11-9-19)29-23-12-21(14-26-15-23)28-16-20(25)13-27-28/h4-16H,1-3H3. The first kappa shape index (κ1) is 18.9. The van der Waals surface area contributed by atoms with Crippen LogP contribution in [0.3, 0.4) is 0 Å². The first-order chi connectivity index (χ1) is 13.9. The maximum atomic E-state index is 13.2. The minimum absolute atomic E-state index is 0.113. The number of hydrogen-bond donors (Lipinski definition) is 0. The summed E-state index contributed by atoms with van der Waals surface area (Å²) in [6.45, 7) is 6.52. The summed E-state index contributed by atoms with van der Waals surface area (Å²) in [6, 6.07) is 18.5. The van der Waals surface area contributed by atoms with E-state index >= 15 is 0 Å². The molecule has 0 atom stereocenters. The zero-order chi connectivity index (χ0) is 20.4. The lowest BCUT2D eigenvalue weighted by molar-refractivity contribution is 0.479. The van der Waals surface area contributed by atoms with Gasteiger partial charge in [0, 0.05) is 11.5 Å². The maximum Gasteiger partial charge on any atom is 0.161 e. The van der Waals surface area contributed by atoms with Gasteiger partial charge in [-0.15, -0.1) is 0 Å². The first-order valence-corrected chi connectivity index (χ1v) is 9.43. The van der Waals surface area contributed by atoms with Crippen LogP contribution < -0.4 is 4.74 Å². The molecule has 2 aromatic heterocycles. The fourth-order valence-corrected chi connectivity index (χ4v) is 3.24. The molecule has 0 aliphatic heterocycles. The molecule has 4 nitrogen and oxygen atoms in total. The quantitative estimate of drug-likeness (QED) is 0.432. The third-order valence-corrected chi connectivity index (χ3v) is 5.10. The van der Waals surface area contributed by atoms with E-state index in [9.17, 15) is 4.39 Å². The van der Waals surface area contributed by atoms with E-state index in [-0.39, 0.29) is 5.41 Å². The van der Waals surface area contributed by atoms with Gasteiger partial charge in [0.1, 0.15) is 11.5 Å². The predicted octanol–water partition coefficient (Wildman–Crippen LogP) is 5.83. The van der Waals surface area contributed by atoms with Crippen molar-refractivity contribution in [3.63, 3.8) is 0 Å². The minimum Gasteiger partial charge on any atom is -0.456 e. The van der Waals surface area contributed by atoms with Crippen molar-refractivity contribution in [2.24, 2.45) is 0 Å². The molecule has 146 valence electrons. The number of aryl methyl sites for hydroxylation is 1. The van der Waals surface area contributed by atoms with Crippen molar-refractivity contribution in [1.82, 2.24) is 14.8 Å². The molecule has 0 unspecified atom stereocenters. The zero-order valence-electron chi connectivity index (χ0n) is 16.6. The summed E-state index contributed by atoms with van der Waals surface area (Å²) in [4.78, 5) is 4.16. The van der Waals surface area contributed by atoms with E-state index in [1.165, 1.54) is 27.6 Å². The molecule has 0 spiro atoms. The van der Waals surface area contributed by atoms with Gasteiger partial charge in [-0.2, -0.15) is 5.10 Å². The van der Waals surface area contributed by atoms with E-state index in [0.29, 0.717) is 17.2 Å². The fraction of sp³-hybridized carbons (Fsp3) is 0.167. The Morgan fingerprint density at radius 1 is 0.862 bits per heavy atom. The normalized spacial score (nSPS) is 11.4. The molecule has 0 aliphatic rings. The lowest BCUT2D eigenvalue weighted by atomic mass is 9.78. The van der Waals surface area contributed by atoms with E-state index in [4.69, 9.17) is 4.74 Å². The Labute approximate surface area is 169 Å². The van der Waals surface area contributed by atoms with Gasteiger partial charge in [-0.05, 0) is 30.2 Å². The Balaban J connectivity index is 1.53. The number of benzene rings is 2. The van der Waals surface area contributed by atoms with Gasteiger partial charge in [0.25, 0.3) is 0 Å². The second kappa shape index (κ2) is 7.51. The number of nitrogens with zero attached hydrogens (tertiary/aromatic N) is 3. The second-order valence-corrected chi connectivity index (χ2v) is 7.60. The summed E-state index contributed by atoms with van der Waals surface area (Å²) in [5, 5.41) is 3.95. The van der Waals surface area contributed by atoms with Crippen molar-refractivity contribution in [2.45, 2.75) is 26.2 Å². The van der Waals surface area contributed by atoms with Crippen molar-refractivity contribution in [3.05, 3.63) is 102 Å². The molecule has 2 heterocycles. The largest absolute Gasteiger partial charge is 0.456 e. The van der Waals surface area contributed by atoms with Crippen molar-refractivity contribution in [1.29, 1.82) is 0 Å². The van der Waals surface area contributed by atoms with Crippen LogP contribution in [0.2, 0.25) is 0 Å². The van der Waals surface area contributed by atoms with Crippen LogP contribution in [0.5, 0.6) is 11.5 Å². The number of rotatable bonds is 5. The Bertz CT molecular complexity index is 1120. The molecule has 4 rings (SSSR count). The van der Waals surface area contributed by atoms with Crippen LogP contribution in [0.1, 0.15) is 30.5 Å². The average Bonchev–Trinajstić information content (AvgIpc) is 3.15. The van der Waals surface area contributed by atoms with Gasteiger partial charge in [-0.3, -0.25) is 4.98 Å². The molecule has 0 N–H and O–H groups in total.